The predicted octanol–water partition coefficient (Wildman–Crippen LogP) is 3.40. The summed E-state index contributed by atoms with van der Waals surface area (Å²) in [7, 11) is 0. The van der Waals surface area contributed by atoms with Gasteiger partial charge in [0.25, 0.3) is 0 Å². The maximum Gasteiger partial charge on any atom is 0.0995 e. The van der Waals surface area contributed by atoms with Gasteiger partial charge in [-0.3, -0.25) is 9.88 Å². The Balaban J connectivity index is 1.46. The molecule has 4 rings (SSSR count). The van der Waals surface area contributed by atoms with E-state index in [1.54, 1.807) is 6.20 Å². The minimum Gasteiger partial charge on any atom is -0.374 e. The van der Waals surface area contributed by atoms with Crippen LogP contribution in [0.2, 0.25) is 0 Å². The lowest BCUT2D eigenvalue weighted by atomic mass is 10.1. The summed E-state index contributed by atoms with van der Waals surface area (Å²) in [6.07, 6.45) is 6.34. The molecular weight excluding hydrogens is 320 g/mol. The minimum atomic E-state index is 0.160. The van der Waals surface area contributed by atoms with Crippen molar-refractivity contribution < 1.29 is 9.47 Å². The summed E-state index contributed by atoms with van der Waals surface area (Å²) in [6, 6.07) is 6.69. The summed E-state index contributed by atoms with van der Waals surface area (Å²) >= 11 is 1.86. The van der Waals surface area contributed by atoms with Gasteiger partial charge in [-0.05, 0) is 48.4 Å². The quantitative estimate of drug-likeness (QED) is 0.833. The van der Waals surface area contributed by atoms with Gasteiger partial charge in [-0.1, -0.05) is 6.07 Å². The number of pyridine rings is 1. The highest BCUT2D eigenvalue weighted by Gasteiger charge is 2.43. The molecular formula is C19H24N2O2S. The van der Waals surface area contributed by atoms with Gasteiger partial charge >= 0.3 is 0 Å². The fraction of sp³-hybridized carbons (Fsp3) is 0.526. The lowest BCUT2D eigenvalue weighted by molar-refractivity contribution is -0.0614. The van der Waals surface area contributed by atoms with Crippen LogP contribution in [0.15, 0.2) is 36.0 Å². The first-order valence-corrected chi connectivity index (χ1v) is 9.58. The normalized spacial score (nSPS) is 27.3. The van der Waals surface area contributed by atoms with Crippen LogP contribution in [0.4, 0.5) is 0 Å². The van der Waals surface area contributed by atoms with Gasteiger partial charge in [-0.15, -0.1) is 11.3 Å². The molecule has 1 saturated carbocycles. The Bertz CT molecular complexity index is 660. The molecule has 24 heavy (non-hydrogen) atoms. The second-order valence-electron chi connectivity index (χ2n) is 6.69. The number of aryl methyl sites for hydroxylation is 1. The van der Waals surface area contributed by atoms with Crippen molar-refractivity contribution in [3.8, 4) is 0 Å². The Morgan fingerprint density at radius 2 is 2.33 bits per heavy atom. The summed E-state index contributed by atoms with van der Waals surface area (Å²) in [5.41, 5.74) is 2.52. The highest BCUT2D eigenvalue weighted by molar-refractivity contribution is 7.10. The highest BCUT2D eigenvalue weighted by atomic mass is 32.1. The van der Waals surface area contributed by atoms with Gasteiger partial charge in [0.05, 0.1) is 25.4 Å². The molecule has 2 fully saturated rings. The highest BCUT2D eigenvalue weighted by Crippen LogP contribution is 2.34. The maximum absolute atomic E-state index is 6.31. The van der Waals surface area contributed by atoms with Crippen LogP contribution in [0, 0.1) is 6.92 Å². The molecule has 4 nitrogen and oxygen atoms in total. The third-order valence-corrected chi connectivity index (χ3v) is 6.16. The van der Waals surface area contributed by atoms with Crippen LogP contribution in [-0.2, 0) is 22.6 Å². The van der Waals surface area contributed by atoms with Crippen LogP contribution >= 0.6 is 11.3 Å². The molecule has 1 aliphatic carbocycles. The van der Waals surface area contributed by atoms with Crippen molar-refractivity contribution in [1.82, 2.24) is 9.88 Å². The van der Waals surface area contributed by atoms with E-state index in [2.05, 4.69) is 34.3 Å². The summed E-state index contributed by atoms with van der Waals surface area (Å²) in [6.45, 7) is 5.62. The smallest absolute Gasteiger partial charge is 0.0995 e. The number of rotatable bonds is 5. The third kappa shape index (κ3) is 3.40. The molecule has 2 aromatic rings. The van der Waals surface area contributed by atoms with E-state index in [0.29, 0.717) is 12.6 Å². The van der Waals surface area contributed by atoms with E-state index < -0.39 is 0 Å². The monoisotopic (exact) mass is 344 g/mol. The Kier molecular flexibility index (Phi) is 4.94. The van der Waals surface area contributed by atoms with Crippen LogP contribution in [-0.4, -0.2) is 41.3 Å². The number of hydrogen-bond acceptors (Lipinski definition) is 5. The topological polar surface area (TPSA) is 34.6 Å². The second kappa shape index (κ2) is 7.31. The molecule has 5 heteroatoms. The van der Waals surface area contributed by atoms with Gasteiger partial charge in [0.2, 0.25) is 0 Å². The Hall–Kier alpha value is -1.27. The number of ether oxygens (including phenoxy) is 2. The van der Waals surface area contributed by atoms with Gasteiger partial charge < -0.3 is 9.47 Å². The molecule has 3 unspecified atom stereocenters. The van der Waals surface area contributed by atoms with Crippen molar-refractivity contribution in [2.24, 2.45) is 0 Å². The molecule has 0 N–H and O–H groups in total. The van der Waals surface area contributed by atoms with E-state index in [1.807, 2.05) is 23.6 Å². The van der Waals surface area contributed by atoms with Crippen molar-refractivity contribution in [3.63, 3.8) is 0 Å². The zero-order valence-corrected chi connectivity index (χ0v) is 14.9. The summed E-state index contributed by atoms with van der Waals surface area (Å²) < 4.78 is 12.4. The zero-order valence-electron chi connectivity index (χ0n) is 14.1. The molecule has 2 bridgehead atoms. The minimum absolute atomic E-state index is 0.160. The first kappa shape index (κ1) is 16.2. The maximum atomic E-state index is 6.31. The molecule has 2 aliphatic rings. The molecule has 0 amide bonds. The largest absolute Gasteiger partial charge is 0.374 e. The van der Waals surface area contributed by atoms with E-state index >= 15 is 0 Å². The van der Waals surface area contributed by atoms with E-state index in [0.717, 1.165) is 38.1 Å². The lowest BCUT2D eigenvalue weighted by Crippen LogP contribution is -2.42. The van der Waals surface area contributed by atoms with Crippen LogP contribution < -0.4 is 0 Å². The van der Waals surface area contributed by atoms with Crippen LogP contribution in [0.25, 0.3) is 0 Å². The molecule has 2 aromatic heterocycles. The number of hydrogen-bond donors (Lipinski definition) is 0. The molecule has 128 valence electrons. The summed E-state index contributed by atoms with van der Waals surface area (Å²) in [4.78, 5) is 8.21. The molecule has 1 aliphatic heterocycles. The van der Waals surface area contributed by atoms with E-state index in [9.17, 15) is 0 Å². The summed E-state index contributed by atoms with van der Waals surface area (Å²) in [5, 5.41) is 2.19. The zero-order chi connectivity index (χ0) is 16.4. The molecule has 1 saturated heterocycles. The Morgan fingerprint density at radius 1 is 1.38 bits per heavy atom. The number of thiophene rings is 1. The fourth-order valence-electron chi connectivity index (χ4n) is 3.81. The lowest BCUT2D eigenvalue weighted by Gasteiger charge is -2.31. The van der Waals surface area contributed by atoms with Crippen molar-refractivity contribution in [3.05, 3.63) is 52.0 Å². The number of nitrogens with zero attached hydrogens (tertiary/aromatic N) is 2. The van der Waals surface area contributed by atoms with E-state index in [4.69, 9.17) is 9.47 Å². The number of fused-ring (bicyclic) bond motifs is 2. The average Bonchev–Trinajstić information content (AvgIpc) is 3.13. The SMILES string of the molecule is Cc1ccsc1CN1CCOC2CCC1C2OCc1cccnc1. The van der Waals surface area contributed by atoms with Gasteiger partial charge in [0.15, 0.2) is 0 Å². The second-order valence-corrected chi connectivity index (χ2v) is 7.69. The molecule has 0 spiro atoms. The van der Waals surface area contributed by atoms with Crippen molar-refractivity contribution in [2.75, 3.05) is 13.2 Å². The third-order valence-electron chi connectivity index (χ3n) is 5.15. The molecule has 3 atom stereocenters. The fourth-order valence-corrected chi connectivity index (χ4v) is 4.74. The molecule has 0 radical (unpaired) electrons. The standard InChI is InChI=1S/C19H24N2O2S/c1-14-6-10-24-18(14)12-21-8-9-22-17-5-4-16(21)19(17)23-13-15-3-2-7-20-11-15/h2-3,6-7,10-11,16-17,19H,4-5,8-9,12-13H2,1H3. The van der Waals surface area contributed by atoms with Crippen LogP contribution in [0.1, 0.15) is 28.8 Å². The van der Waals surface area contributed by atoms with Gasteiger partial charge in [0, 0.05) is 36.4 Å². The average molecular weight is 344 g/mol. The van der Waals surface area contributed by atoms with Crippen LogP contribution in [0.3, 0.4) is 0 Å². The number of aromatic nitrogens is 1. The van der Waals surface area contributed by atoms with Gasteiger partial charge in [-0.2, -0.15) is 0 Å². The molecule has 0 aromatic carbocycles. The first-order valence-electron chi connectivity index (χ1n) is 8.70. The van der Waals surface area contributed by atoms with Crippen molar-refractivity contribution in [2.45, 2.75) is 51.2 Å². The van der Waals surface area contributed by atoms with E-state index in [1.165, 1.54) is 10.4 Å². The van der Waals surface area contributed by atoms with Gasteiger partial charge in [-0.25, -0.2) is 0 Å². The first-order chi connectivity index (χ1) is 11.8. The van der Waals surface area contributed by atoms with Crippen LogP contribution in [0.5, 0.6) is 0 Å². The predicted molar refractivity (Wildman–Crippen MR) is 95.0 cm³/mol. The van der Waals surface area contributed by atoms with Crippen molar-refractivity contribution in [1.29, 1.82) is 0 Å². The van der Waals surface area contributed by atoms with Crippen molar-refractivity contribution >= 4 is 11.3 Å². The van der Waals surface area contributed by atoms with Gasteiger partial charge in [0.1, 0.15) is 0 Å². The Labute approximate surface area is 147 Å². The molecule has 3 heterocycles. The summed E-state index contributed by atoms with van der Waals surface area (Å²) in [5.74, 6) is 0. The Morgan fingerprint density at radius 3 is 3.12 bits per heavy atom. The van der Waals surface area contributed by atoms with E-state index in [-0.39, 0.29) is 12.2 Å².